The zero-order valence-electron chi connectivity index (χ0n) is 9.05. The third-order valence-electron chi connectivity index (χ3n) is 1.01. The van der Waals surface area contributed by atoms with Gasteiger partial charge in [-0.05, 0) is 39.8 Å². The summed E-state index contributed by atoms with van der Waals surface area (Å²) in [6, 6.07) is 0. The summed E-state index contributed by atoms with van der Waals surface area (Å²) in [6.45, 7) is 6.43. The maximum atomic E-state index is 9.22. The largest absolute Gasteiger partial charge is 0.378 e. The predicted octanol–water partition coefficient (Wildman–Crippen LogP) is 1.09. The minimum Gasteiger partial charge on any atom is -0.378 e. The molecule has 0 aromatic heterocycles. The normalized spacial score (nSPS) is 11.6. The maximum Gasteiger partial charge on any atom is 0.120 e. The number of hydrogen-bond acceptors (Lipinski definition) is 2. The fraction of sp³-hybridized carbons (Fsp3) is 0.500. The van der Waals surface area contributed by atoms with Crippen molar-refractivity contribution in [3.8, 4) is 23.7 Å². The highest BCUT2D eigenvalue weighted by atomic mass is 16.3. The molecule has 0 atom stereocenters. The summed E-state index contributed by atoms with van der Waals surface area (Å²) in [7, 11) is 0. The van der Waals surface area contributed by atoms with E-state index in [1.165, 1.54) is 12.2 Å². The molecule has 0 fully saturated rings. The van der Waals surface area contributed by atoms with Crippen molar-refractivity contribution in [2.45, 2.75) is 38.9 Å². The predicted molar refractivity (Wildman–Crippen MR) is 57.3 cm³/mol. The minimum atomic E-state index is -0.978. The van der Waals surface area contributed by atoms with Crippen molar-refractivity contribution in [1.29, 1.82) is 0 Å². The van der Waals surface area contributed by atoms with E-state index >= 15 is 0 Å². The van der Waals surface area contributed by atoms with E-state index in [2.05, 4.69) is 23.7 Å². The highest BCUT2D eigenvalue weighted by Crippen LogP contribution is 1.97. The zero-order valence-corrected chi connectivity index (χ0v) is 9.05. The van der Waals surface area contributed by atoms with Gasteiger partial charge in [-0.2, -0.15) is 0 Å². The van der Waals surface area contributed by atoms with Gasteiger partial charge >= 0.3 is 0 Å². The van der Waals surface area contributed by atoms with E-state index in [1.807, 2.05) is 0 Å². The van der Waals surface area contributed by atoms with Crippen molar-refractivity contribution in [1.82, 2.24) is 0 Å². The van der Waals surface area contributed by atoms with Gasteiger partial charge in [0.15, 0.2) is 0 Å². The van der Waals surface area contributed by atoms with Crippen LogP contribution in [0.4, 0.5) is 0 Å². The van der Waals surface area contributed by atoms with Gasteiger partial charge in [0.2, 0.25) is 0 Å². The first kappa shape index (κ1) is 12.8. The second kappa shape index (κ2) is 4.86. The van der Waals surface area contributed by atoms with Gasteiger partial charge in [-0.15, -0.1) is 0 Å². The molecule has 0 radical (unpaired) electrons. The van der Waals surface area contributed by atoms with Crippen molar-refractivity contribution in [3.63, 3.8) is 0 Å². The van der Waals surface area contributed by atoms with Crippen molar-refractivity contribution in [3.05, 3.63) is 12.2 Å². The third-order valence-corrected chi connectivity index (χ3v) is 1.01. The molecule has 0 saturated heterocycles. The van der Waals surface area contributed by atoms with E-state index < -0.39 is 11.2 Å². The van der Waals surface area contributed by atoms with Crippen molar-refractivity contribution in [2.24, 2.45) is 0 Å². The van der Waals surface area contributed by atoms with Crippen LogP contribution in [0.25, 0.3) is 0 Å². The second-order valence-electron chi connectivity index (χ2n) is 3.99. The Kier molecular flexibility index (Phi) is 4.44. The zero-order chi connectivity index (χ0) is 11.2. The Morgan fingerprint density at radius 2 is 1.07 bits per heavy atom. The van der Waals surface area contributed by atoms with Gasteiger partial charge in [-0.1, -0.05) is 23.7 Å². The van der Waals surface area contributed by atoms with Crippen molar-refractivity contribution < 1.29 is 10.2 Å². The lowest BCUT2D eigenvalue weighted by Gasteiger charge is -2.05. The molecule has 0 aliphatic heterocycles. The van der Waals surface area contributed by atoms with E-state index in [1.54, 1.807) is 27.7 Å². The molecule has 2 nitrogen and oxygen atoms in total. The molecule has 2 heteroatoms. The minimum absolute atomic E-state index is 0.978. The Balaban J connectivity index is 4.20. The molecule has 0 unspecified atom stereocenters. The molecule has 0 heterocycles. The van der Waals surface area contributed by atoms with Crippen LogP contribution in [0.1, 0.15) is 27.7 Å². The summed E-state index contributed by atoms with van der Waals surface area (Å²) in [5, 5.41) is 18.4. The van der Waals surface area contributed by atoms with E-state index in [9.17, 15) is 10.2 Å². The molecule has 0 aliphatic rings. The van der Waals surface area contributed by atoms with Crippen molar-refractivity contribution >= 4 is 0 Å². The molecule has 0 aliphatic carbocycles. The Bertz CT molecular complexity index is 282. The van der Waals surface area contributed by atoms with Crippen LogP contribution < -0.4 is 0 Å². The lowest BCUT2D eigenvalue weighted by atomic mass is 10.1. The molecule has 0 bridgehead atoms. The smallest absolute Gasteiger partial charge is 0.120 e. The van der Waals surface area contributed by atoms with Gasteiger partial charge < -0.3 is 10.2 Å². The van der Waals surface area contributed by atoms with Crippen LogP contribution in [0, 0.1) is 23.7 Å². The van der Waals surface area contributed by atoms with Crippen LogP contribution in [0.2, 0.25) is 0 Å². The maximum absolute atomic E-state index is 9.22. The number of rotatable bonds is 0. The van der Waals surface area contributed by atoms with Crippen LogP contribution in [0.15, 0.2) is 12.2 Å². The van der Waals surface area contributed by atoms with Crippen LogP contribution in [0.3, 0.4) is 0 Å². The summed E-state index contributed by atoms with van der Waals surface area (Å²) in [6.07, 6.45) is 3.08. The Hall–Kier alpha value is -1.22. The highest BCUT2D eigenvalue weighted by molar-refractivity contribution is 5.28. The summed E-state index contributed by atoms with van der Waals surface area (Å²) in [4.78, 5) is 0. The quantitative estimate of drug-likeness (QED) is 0.564. The SMILES string of the molecule is CC(C)(O)C#CC=CC#CC(C)(C)O. The van der Waals surface area contributed by atoms with E-state index in [0.717, 1.165) is 0 Å². The first-order valence-electron chi connectivity index (χ1n) is 4.36. The molecule has 0 saturated carbocycles. The molecule has 0 aromatic rings. The van der Waals surface area contributed by atoms with E-state index in [4.69, 9.17) is 0 Å². The molecular formula is C12H16O2. The molecule has 76 valence electrons. The topological polar surface area (TPSA) is 40.5 Å². The van der Waals surface area contributed by atoms with Crippen LogP contribution in [-0.4, -0.2) is 21.4 Å². The lowest BCUT2D eigenvalue weighted by molar-refractivity contribution is 0.143. The van der Waals surface area contributed by atoms with Crippen molar-refractivity contribution in [2.75, 3.05) is 0 Å². The third kappa shape index (κ3) is 10.8. The van der Waals surface area contributed by atoms with Gasteiger partial charge in [-0.3, -0.25) is 0 Å². The Labute approximate surface area is 85.7 Å². The van der Waals surface area contributed by atoms with Gasteiger partial charge in [0.1, 0.15) is 11.2 Å². The molecule has 0 rings (SSSR count). The van der Waals surface area contributed by atoms with Gasteiger partial charge in [-0.25, -0.2) is 0 Å². The van der Waals surface area contributed by atoms with Gasteiger partial charge in [0.05, 0.1) is 0 Å². The lowest BCUT2D eigenvalue weighted by Crippen LogP contribution is -2.14. The first-order valence-corrected chi connectivity index (χ1v) is 4.36. The molecule has 0 aromatic carbocycles. The summed E-state index contributed by atoms with van der Waals surface area (Å²) in [5.74, 6) is 10.5. The fourth-order valence-corrected chi connectivity index (χ4v) is 0.520. The average Bonchev–Trinajstić information content (AvgIpc) is 1.92. The van der Waals surface area contributed by atoms with E-state index in [0.29, 0.717) is 0 Å². The van der Waals surface area contributed by atoms with Crippen LogP contribution in [-0.2, 0) is 0 Å². The summed E-state index contributed by atoms with van der Waals surface area (Å²) in [5.41, 5.74) is -1.96. The number of allylic oxidation sites excluding steroid dienone is 2. The summed E-state index contributed by atoms with van der Waals surface area (Å²) >= 11 is 0. The second-order valence-corrected chi connectivity index (χ2v) is 3.99. The molecule has 0 spiro atoms. The molecule has 0 amide bonds. The standard InChI is InChI=1S/C12H16O2/c1-11(2,13)9-7-5-6-8-10-12(3,4)14/h5-6,13-14H,1-4H3. The molecule has 14 heavy (non-hydrogen) atoms. The Morgan fingerprint density at radius 3 is 1.29 bits per heavy atom. The summed E-state index contributed by atoms with van der Waals surface area (Å²) < 4.78 is 0. The van der Waals surface area contributed by atoms with Gasteiger partial charge in [0, 0.05) is 0 Å². The monoisotopic (exact) mass is 192 g/mol. The van der Waals surface area contributed by atoms with E-state index in [-0.39, 0.29) is 0 Å². The first-order chi connectivity index (χ1) is 6.21. The number of hydrogen-bond donors (Lipinski definition) is 2. The molecular weight excluding hydrogens is 176 g/mol. The van der Waals surface area contributed by atoms with Crippen LogP contribution >= 0.6 is 0 Å². The van der Waals surface area contributed by atoms with Crippen LogP contribution in [0.5, 0.6) is 0 Å². The molecule has 2 N–H and O–H groups in total. The highest BCUT2D eigenvalue weighted by Gasteiger charge is 2.05. The Morgan fingerprint density at radius 1 is 0.786 bits per heavy atom. The van der Waals surface area contributed by atoms with Gasteiger partial charge in [0.25, 0.3) is 0 Å². The number of aliphatic hydroxyl groups is 2. The average molecular weight is 192 g/mol. The fourth-order valence-electron chi connectivity index (χ4n) is 0.520.